The van der Waals surface area contributed by atoms with Crippen molar-refractivity contribution >= 4 is 21.9 Å². The molecule has 0 radical (unpaired) electrons. The fourth-order valence-electron chi connectivity index (χ4n) is 1.89. The zero-order valence-corrected chi connectivity index (χ0v) is 10.4. The lowest BCUT2D eigenvalue weighted by Gasteiger charge is -2.15. The molecule has 2 rings (SSSR count). The smallest absolute Gasteiger partial charge is 0.311 e. The molecule has 0 spiro atoms. The number of aliphatic carboxylic acids is 1. The van der Waals surface area contributed by atoms with Crippen molar-refractivity contribution < 1.29 is 27.5 Å². The van der Waals surface area contributed by atoms with Crippen LogP contribution in [0, 0.1) is 29.2 Å². The van der Waals surface area contributed by atoms with Gasteiger partial charge in [0.25, 0.3) is 0 Å². The van der Waals surface area contributed by atoms with Gasteiger partial charge in [0.1, 0.15) is 0 Å². The van der Waals surface area contributed by atoms with Crippen molar-refractivity contribution in [1.82, 2.24) is 0 Å². The quantitative estimate of drug-likeness (QED) is 0.523. The number of carboxylic acid groups (broad SMARTS) is 1. The molecular formula is C11H7BrF4O2. The molecule has 1 aliphatic rings. The summed E-state index contributed by atoms with van der Waals surface area (Å²) in [5, 5.41) is 8.95. The van der Waals surface area contributed by atoms with Crippen LogP contribution in [0.4, 0.5) is 17.6 Å². The molecule has 1 aliphatic carbocycles. The molecule has 0 amide bonds. The van der Waals surface area contributed by atoms with E-state index in [0.717, 1.165) is 0 Å². The molecule has 1 aromatic carbocycles. The summed E-state index contributed by atoms with van der Waals surface area (Å²) in [5.41, 5.74) is -1.04. The van der Waals surface area contributed by atoms with Gasteiger partial charge in [0.05, 0.1) is 10.4 Å². The maximum absolute atomic E-state index is 13.6. The van der Waals surface area contributed by atoms with Crippen molar-refractivity contribution in [3.8, 4) is 0 Å². The third-order valence-corrected chi connectivity index (χ3v) is 3.61. The predicted molar refractivity (Wildman–Crippen MR) is 57.1 cm³/mol. The van der Waals surface area contributed by atoms with Crippen molar-refractivity contribution in [2.24, 2.45) is 5.92 Å². The summed E-state index contributed by atoms with van der Waals surface area (Å²) < 4.78 is 52.9. The lowest BCUT2D eigenvalue weighted by molar-refractivity contribution is -0.139. The molecule has 2 nitrogen and oxygen atoms in total. The molecule has 0 heterocycles. The molecule has 1 N–H and O–H groups in total. The van der Waals surface area contributed by atoms with Crippen LogP contribution in [0.25, 0.3) is 0 Å². The first-order chi connectivity index (χ1) is 8.36. The predicted octanol–water partition coefficient (Wildman–Crippen LogP) is 3.58. The standard InChI is InChI=1S/C11H7BrF4O2/c12-6-9(15)7(13)5(8(14)10(6)16)4(11(17)18)3-1-2-3/h3-4H,1-2H2,(H,17,18). The van der Waals surface area contributed by atoms with Crippen LogP contribution in [0.3, 0.4) is 0 Å². The summed E-state index contributed by atoms with van der Waals surface area (Å²) in [7, 11) is 0. The Hall–Kier alpha value is -1.11. The van der Waals surface area contributed by atoms with Crippen LogP contribution in [0.15, 0.2) is 4.47 Å². The van der Waals surface area contributed by atoms with Gasteiger partial charge in [-0.05, 0) is 34.7 Å². The maximum atomic E-state index is 13.6. The van der Waals surface area contributed by atoms with Gasteiger partial charge in [-0.2, -0.15) is 0 Å². The van der Waals surface area contributed by atoms with Gasteiger partial charge in [-0.25, -0.2) is 17.6 Å². The van der Waals surface area contributed by atoms with Crippen LogP contribution >= 0.6 is 15.9 Å². The second kappa shape index (κ2) is 4.53. The Labute approximate surface area is 108 Å². The minimum absolute atomic E-state index is 0.467. The number of carboxylic acids is 1. The number of hydrogen-bond acceptors (Lipinski definition) is 1. The number of halogens is 5. The van der Waals surface area contributed by atoms with Gasteiger partial charge in [0.2, 0.25) is 0 Å². The van der Waals surface area contributed by atoms with E-state index in [1.165, 1.54) is 0 Å². The van der Waals surface area contributed by atoms with Gasteiger partial charge in [0.15, 0.2) is 23.3 Å². The van der Waals surface area contributed by atoms with Gasteiger partial charge in [-0.3, -0.25) is 4.79 Å². The molecule has 1 fully saturated rings. The second-order valence-electron chi connectivity index (χ2n) is 4.14. The molecule has 1 aromatic rings. The van der Waals surface area contributed by atoms with Crippen LogP contribution in [0.5, 0.6) is 0 Å². The van der Waals surface area contributed by atoms with Crippen molar-refractivity contribution in [3.05, 3.63) is 33.3 Å². The van der Waals surface area contributed by atoms with Crippen molar-refractivity contribution in [2.75, 3.05) is 0 Å². The van der Waals surface area contributed by atoms with Crippen LogP contribution in [0.1, 0.15) is 24.3 Å². The average molecular weight is 327 g/mol. The Morgan fingerprint density at radius 3 is 1.89 bits per heavy atom. The fourth-order valence-corrected chi connectivity index (χ4v) is 2.23. The third kappa shape index (κ3) is 2.00. The highest BCUT2D eigenvalue weighted by Crippen LogP contribution is 2.45. The van der Waals surface area contributed by atoms with E-state index in [9.17, 15) is 22.4 Å². The first-order valence-corrected chi connectivity index (χ1v) is 5.89. The Kier molecular flexibility index (Phi) is 3.35. The molecule has 1 unspecified atom stereocenters. The molecule has 0 saturated heterocycles. The highest BCUT2D eigenvalue weighted by molar-refractivity contribution is 9.10. The largest absolute Gasteiger partial charge is 0.481 e. The molecule has 1 atom stereocenters. The van der Waals surface area contributed by atoms with E-state index in [2.05, 4.69) is 15.9 Å². The zero-order chi connectivity index (χ0) is 13.6. The summed E-state index contributed by atoms with van der Waals surface area (Å²) in [6.45, 7) is 0. The molecule has 0 aromatic heterocycles. The monoisotopic (exact) mass is 326 g/mol. The third-order valence-electron chi connectivity index (χ3n) is 2.91. The maximum Gasteiger partial charge on any atom is 0.311 e. The first-order valence-electron chi connectivity index (χ1n) is 5.10. The molecule has 0 bridgehead atoms. The molecule has 1 saturated carbocycles. The van der Waals surface area contributed by atoms with Crippen LogP contribution in [-0.4, -0.2) is 11.1 Å². The van der Waals surface area contributed by atoms with Gasteiger partial charge in [0, 0.05) is 5.56 Å². The fraction of sp³-hybridized carbons (Fsp3) is 0.364. The Balaban J connectivity index is 2.66. The first kappa shape index (κ1) is 13.3. The van der Waals surface area contributed by atoms with E-state index < -0.39 is 51.1 Å². The molecule has 0 aliphatic heterocycles. The SMILES string of the molecule is O=C(O)C(c1c(F)c(F)c(Br)c(F)c1F)C1CC1. The van der Waals surface area contributed by atoms with E-state index in [0.29, 0.717) is 12.8 Å². The zero-order valence-electron chi connectivity index (χ0n) is 8.81. The van der Waals surface area contributed by atoms with Crippen LogP contribution < -0.4 is 0 Å². The van der Waals surface area contributed by atoms with E-state index in [1.807, 2.05) is 0 Å². The van der Waals surface area contributed by atoms with E-state index >= 15 is 0 Å². The summed E-state index contributed by atoms with van der Waals surface area (Å²) >= 11 is 2.38. The summed E-state index contributed by atoms with van der Waals surface area (Å²) in [4.78, 5) is 11.0. The minimum atomic E-state index is -1.65. The van der Waals surface area contributed by atoms with Gasteiger partial charge in [-0.1, -0.05) is 0 Å². The lowest BCUT2D eigenvalue weighted by atomic mass is 9.93. The highest BCUT2D eigenvalue weighted by Gasteiger charge is 2.42. The number of rotatable bonds is 3. The number of carbonyl (C=O) groups is 1. The molecule has 98 valence electrons. The van der Waals surface area contributed by atoms with Crippen LogP contribution in [0.2, 0.25) is 0 Å². The summed E-state index contributed by atoms with van der Waals surface area (Å²) in [6, 6.07) is 0. The van der Waals surface area contributed by atoms with Crippen LogP contribution in [-0.2, 0) is 4.79 Å². The Morgan fingerprint density at radius 2 is 1.56 bits per heavy atom. The topological polar surface area (TPSA) is 37.3 Å². The van der Waals surface area contributed by atoms with E-state index in [-0.39, 0.29) is 0 Å². The number of benzene rings is 1. The molecular weight excluding hydrogens is 320 g/mol. The van der Waals surface area contributed by atoms with E-state index in [4.69, 9.17) is 5.11 Å². The molecule has 7 heteroatoms. The van der Waals surface area contributed by atoms with Crippen molar-refractivity contribution in [2.45, 2.75) is 18.8 Å². The summed E-state index contributed by atoms with van der Waals surface area (Å²) in [5.74, 6) is -10.1. The highest BCUT2D eigenvalue weighted by atomic mass is 79.9. The Morgan fingerprint density at radius 1 is 1.11 bits per heavy atom. The van der Waals surface area contributed by atoms with Gasteiger partial charge >= 0.3 is 5.97 Å². The van der Waals surface area contributed by atoms with Gasteiger partial charge < -0.3 is 5.11 Å². The van der Waals surface area contributed by atoms with Crippen molar-refractivity contribution in [3.63, 3.8) is 0 Å². The second-order valence-corrected chi connectivity index (χ2v) is 4.93. The van der Waals surface area contributed by atoms with Crippen molar-refractivity contribution in [1.29, 1.82) is 0 Å². The Bertz CT molecular complexity index is 499. The minimum Gasteiger partial charge on any atom is -0.481 e. The summed E-state index contributed by atoms with van der Waals surface area (Å²) in [6.07, 6.45) is 0.935. The number of hydrogen-bond donors (Lipinski definition) is 1. The van der Waals surface area contributed by atoms with E-state index in [1.54, 1.807) is 0 Å². The van der Waals surface area contributed by atoms with Gasteiger partial charge in [-0.15, -0.1) is 0 Å². The lowest BCUT2D eigenvalue weighted by Crippen LogP contribution is -2.19. The molecule has 18 heavy (non-hydrogen) atoms. The normalized spacial score (nSPS) is 16.7. The average Bonchev–Trinajstić information content (AvgIpc) is 3.13.